The Morgan fingerprint density at radius 3 is 1.41 bits per heavy atom. The Morgan fingerprint density at radius 1 is 0.481 bits per heavy atom. The highest BCUT2D eigenvalue weighted by Crippen LogP contribution is 2.30. The molecule has 132 valence electrons. The van der Waals surface area contributed by atoms with Crippen LogP contribution in [-0.4, -0.2) is 30.3 Å². The number of hydrogen-bond acceptors (Lipinski definition) is 6. The van der Waals surface area contributed by atoms with Crippen LogP contribution in [0.25, 0.3) is 34.2 Å². The van der Waals surface area contributed by atoms with Gasteiger partial charge >= 0.3 is 0 Å². The lowest BCUT2D eigenvalue weighted by molar-refractivity contribution is 0.475. The number of aromatic nitrogens is 3. The average molecular weight is 357 g/mol. The Morgan fingerprint density at radius 2 is 0.926 bits per heavy atom. The predicted molar refractivity (Wildman–Crippen MR) is 101 cm³/mol. The second-order valence-corrected chi connectivity index (χ2v) is 5.92. The molecule has 0 aliphatic carbocycles. The molecule has 6 heteroatoms. The first kappa shape index (κ1) is 16.5. The fourth-order valence-electron chi connectivity index (χ4n) is 2.64. The van der Waals surface area contributed by atoms with Crippen LogP contribution in [0.1, 0.15) is 0 Å². The number of benzene rings is 3. The van der Waals surface area contributed by atoms with Crippen LogP contribution in [0.2, 0.25) is 0 Å². The van der Waals surface area contributed by atoms with Crippen molar-refractivity contribution < 1.29 is 15.3 Å². The van der Waals surface area contributed by atoms with Gasteiger partial charge in [0.2, 0.25) is 0 Å². The summed E-state index contributed by atoms with van der Waals surface area (Å²) in [6.45, 7) is 0. The maximum atomic E-state index is 10.2. The van der Waals surface area contributed by atoms with Gasteiger partial charge in [-0.3, -0.25) is 0 Å². The summed E-state index contributed by atoms with van der Waals surface area (Å²) >= 11 is 0. The lowest BCUT2D eigenvalue weighted by Crippen LogP contribution is -2.00. The largest absolute Gasteiger partial charge is 0.508 e. The molecule has 0 aliphatic rings. The highest BCUT2D eigenvalue weighted by molar-refractivity contribution is 5.69. The van der Waals surface area contributed by atoms with Crippen LogP contribution in [0.4, 0.5) is 0 Å². The van der Waals surface area contributed by atoms with E-state index >= 15 is 0 Å². The van der Waals surface area contributed by atoms with E-state index in [1.165, 1.54) is 0 Å². The van der Waals surface area contributed by atoms with Gasteiger partial charge in [0.05, 0.1) is 5.56 Å². The summed E-state index contributed by atoms with van der Waals surface area (Å²) in [6.07, 6.45) is 0. The molecule has 1 aromatic heterocycles. The fourth-order valence-corrected chi connectivity index (χ4v) is 2.64. The van der Waals surface area contributed by atoms with Gasteiger partial charge in [0.25, 0.3) is 0 Å². The van der Waals surface area contributed by atoms with Crippen molar-refractivity contribution in [1.82, 2.24) is 15.0 Å². The lowest BCUT2D eigenvalue weighted by atomic mass is 10.1. The van der Waals surface area contributed by atoms with E-state index in [4.69, 9.17) is 0 Å². The Labute approximate surface area is 155 Å². The number of aromatic hydroxyl groups is 3. The number of para-hydroxylation sites is 1. The first-order valence-electron chi connectivity index (χ1n) is 8.23. The Bertz CT molecular complexity index is 1030. The number of hydrogen-bond donors (Lipinski definition) is 3. The van der Waals surface area contributed by atoms with Gasteiger partial charge in [-0.25, -0.2) is 15.0 Å². The van der Waals surface area contributed by atoms with E-state index in [-0.39, 0.29) is 17.2 Å². The third kappa shape index (κ3) is 3.41. The van der Waals surface area contributed by atoms with Gasteiger partial charge in [0.15, 0.2) is 17.5 Å². The topological polar surface area (TPSA) is 99.4 Å². The van der Waals surface area contributed by atoms with Crippen molar-refractivity contribution >= 4 is 0 Å². The zero-order valence-electron chi connectivity index (χ0n) is 14.1. The molecular weight excluding hydrogens is 342 g/mol. The Kier molecular flexibility index (Phi) is 4.14. The van der Waals surface area contributed by atoms with Crippen LogP contribution < -0.4 is 0 Å². The zero-order chi connectivity index (χ0) is 18.8. The van der Waals surface area contributed by atoms with E-state index in [0.717, 1.165) is 0 Å². The van der Waals surface area contributed by atoms with Crippen LogP contribution in [-0.2, 0) is 0 Å². The molecule has 0 saturated carbocycles. The first-order valence-corrected chi connectivity index (χ1v) is 8.23. The van der Waals surface area contributed by atoms with E-state index in [1.54, 1.807) is 72.8 Å². The van der Waals surface area contributed by atoms with Gasteiger partial charge in [-0.2, -0.15) is 0 Å². The van der Waals surface area contributed by atoms with Gasteiger partial charge in [-0.15, -0.1) is 0 Å². The molecular formula is C21H15N3O3. The van der Waals surface area contributed by atoms with Gasteiger partial charge in [-0.1, -0.05) is 12.1 Å². The molecule has 6 nitrogen and oxygen atoms in total. The summed E-state index contributed by atoms with van der Waals surface area (Å²) in [4.78, 5) is 13.5. The standard InChI is InChI=1S/C21H15N3O3/c25-15-9-5-13(6-10-15)19-22-20(14-7-11-16(26)12-8-14)24-21(23-19)17-3-1-2-4-18(17)27/h1-12,25-27H. The molecule has 0 fully saturated rings. The number of phenols is 3. The summed E-state index contributed by atoms with van der Waals surface area (Å²) in [5.41, 5.74) is 1.89. The third-order valence-electron chi connectivity index (χ3n) is 4.03. The summed E-state index contributed by atoms with van der Waals surface area (Å²) in [5.74, 6) is 1.50. The van der Waals surface area contributed by atoms with E-state index in [0.29, 0.717) is 34.2 Å². The number of phenolic OH excluding ortho intramolecular Hbond substituents is 3. The van der Waals surface area contributed by atoms with Crippen molar-refractivity contribution in [3.8, 4) is 51.4 Å². The van der Waals surface area contributed by atoms with Crippen LogP contribution in [0, 0.1) is 0 Å². The van der Waals surface area contributed by atoms with Gasteiger partial charge < -0.3 is 15.3 Å². The molecule has 0 unspecified atom stereocenters. The minimum Gasteiger partial charge on any atom is -0.508 e. The average Bonchev–Trinajstić information content (AvgIpc) is 2.69. The molecule has 3 N–H and O–H groups in total. The SMILES string of the molecule is Oc1ccc(-c2nc(-c3ccc(O)cc3)nc(-c3ccccc3O)n2)cc1. The van der Waals surface area contributed by atoms with Crippen molar-refractivity contribution in [1.29, 1.82) is 0 Å². The van der Waals surface area contributed by atoms with Crippen molar-refractivity contribution in [2.45, 2.75) is 0 Å². The molecule has 0 bridgehead atoms. The molecule has 4 aromatic rings. The maximum absolute atomic E-state index is 10.2. The van der Waals surface area contributed by atoms with Crippen molar-refractivity contribution in [2.24, 2.45) is 0 Å². The molecule has 0 amide bonds. The van der Waals surface area contributed by atoms with Crippen molar-refractivity contribution in [2.75, 3.05) is 0 Å². The Hall–Kier alpha value is -3.93. The van der Waals surface area contributed by atoms with Gasteiger partial charge in [0.1, 0.15) is 17.2 Å². The predicted octanol–water partition coefficient (Wildman–Crippen LogP) is 3.99. The normalized spacial score (nSPS) is 10.7. The van der Waals surface area contributed by atoms with E-state index < -0.39 is 0 Å². The summed E-state index contributed by atoms with van der Waals surface area (Å²) in [5, 5.41) is 29.2. The fraction of sp³-hybridized carbons (Fsp3) is 0. The number of rotatable bonds is 3. The molecule has 0 spiro atoms. The first-order chi connectivity index (χ1) is 13.1. The molecule has 0 saturated heterocycles. The van der Waals surface area contributed by atoms with E-state index in [9.17, 15) is 15.3 Å². The lowest BCUT2D eigenvalue weighted by Gasteiger charge is -2.09. The highest BCUT2D eigenvalue weighted by atomic mass is 16.3. The summed E-state index contributed by atoms with van der Waals surface area (Å²) < 4.78 is 0. The molecule has 4 rings (SSSR count). The smallest absolute Gasteiger partial charge is 0.167 e. The molecule has 0 radical (unpaired) electrons. The Balaban J connectivity index is 1.92. The zero-order valence-corrected chi connectivity index (χ0v) is 14.1. The van der Waals surface area contributed by atoms with Crippen molar-refractivity contribution in [3.63, 3.8) is 0 Å². The van der Waals surface area contributed by atoms with Crippen molar-refractivity contribution in [3.05, 3.63) is 72.8 Å². The molecule has 0 aliphatic heterocycles. The number of nitrogens with zero attached hydrogens (tertiary/aromatic N) is 3. The third-order valence-corrected chi connectivity index (χ3v) is 4.03. The molecule has 3 aromatic carbocycles. The van der Waals surface area contributed by atoms with Gasteiger partial charge in [0, 0.05) is 11.1 Å². The van der Waals surface area contributed by atoms with Crippen LogP contribution in [0.3, 0.4) is 0 Å². The monoisotopic (exact) mass is 357 g/mol. The van der Waals surface area contributed by atoms with E-state index in [1.807, 2.05) is 0 Å². The highest BCUT2D eigenvalue weighted by Gasteiger charge is 2.14. The second-order valence-electron chi connectivity index (χ2n) is 5.92. The molecule has 0 atom stereocenters. The molecule has 27 heavy (non-hydrogen) atoms. The van der Waals surface area contributed by atoms with Crippen LogP contribution in [0.5, 0.6) is 17.2 Å². The van der Waals surface area contributed by atoms with Crippen LogP contribution in [0.15, 0.2) is 72.8 Å². The second kappa shape index (κ2) is 6.76. The summed E-state index contributed by atoms with van der Waals surface area (Å²) in [6, 6.07) is 19.9. The summed E-state index contributed by atoms with van der Waals surface area (Å²) in [7, 11) is 0. The van der Waals surface area contributed by atoms with Gasteiger partial charge in [-0.05, 0) is 60.7 Å². The van der Waals surface area contributed by atoms with E-state index in [2.05, 4.69) is 15.0 Å². The molecule has 1 heterocycles. The maximum Gasteiger partial charge on any atom is 0.167 e. The van der Waals surface area contributed by atoms with Crippen LogP contribution >= 0.6 is 0 Å². The quantitative estimate of drug-likeness (QED) is 0.513. The minimum atomic E-state index is 0.0667. The minimum absolute atomic E-state index is 0.0667.